The Labute approximate surface area is 78.4 Å². The normalized spacial score (nSPS) is 10.6. The molecule has 0 radical (unpaired) electrons. The summed E-state index contributed by atoms with van der Waals surface area (Å²) in [6.07, 6.45) is 1.17. The Balaban J connectivity index is 2.46. The molecule has 6 nitrogen and oxygen atoms in total. The molecule has 0 amide bonds. The van der Waals surface area contributed by atoms with E-state index in [-0.39, 0.29) is 12.3 Å². The fourth-order valence-corrected chi connectivity index (χ4v) is 1.09. The topological polar surface area (TPSA) is 102 Å². The second kappa shape index (κ2) is 2.99. The molecule has 6 heteroatoms. The molecule has 2 rings (SSSR count). The maximum absolute atomic E-state index is 10.4. The summed E-state index contributed by atoms with van der Waals surface area (Å²) >= 11 is 0. The fraction of sp³-hybridized carbons (Fsp3) is 0.125. The van der Waals surface area contributed by atoms with Crippen molar-refractivity contribution in [1.82, 2.24) is 9.97 Å². The molecule has 0 spiro atoms. The maximum atomic E-state index is 10.4. The van der Waals surface area contributed by atoms with Gasteiger partial charge in [-0.1, -0.05) is 0 Å². The molecule has 0 aliphatic carbocycles. The molecule has 0 saturated carbocycles. The number of rotatable bonds is 2. The molecule has 0 bridgehead atoms. The minimum atomic E-state index is -0.996. The molecule has 0 atom stereocenters. The van der Waals surface area contributed by atoms with Gasteiger partial charge in [0.1, 0.15) is 11.9 Å². The van der Waals surface area contributed by atoms with Crippen LogP contribution in [0.1, 0.15) is 5.89 Å². The Morgan fingerprint density at radius 3 is 3.14 bits per heavy atom. The van der Waals surface area contributed by atoms with E-state index in [9.17, 15) is 4.79 Å². The van der Waals surface area contributed by atoms with Crippen LogP contribution in [0.5, 0.6) is 0 Å². The van der Waals surface area contributed by atoms with Crippen LogP contribution in [-0.4, -0.2) is 21.0 Å². The summed E-state index contributed by atoms with van der Waals surface area (Å²) in [4.78, 5) is 18.2. The van der Waals surface area contributed by atoms with Crippen molar-refractivity contribution in [3.05, 3.63) is 18.2 Å². The largest absolute Gasteiger partial charge is 0.481 e. The third-order valence-electron chi connectivity index (χ3n) is 1.62. The number of nitrogens with zero attached hydrogens (tertiary/aromatic N) is 2. The van der Waals surface area contributed by atoms with Crippen molar-refractivity contribution in [3.8, 4) is 0 Å². The van der Waals surface area contributed by atoms with Crippen molar-refractivity contribution < 1.29 is 14.3 Å². The van der Waals surface area contributed by atoms with Crippen LogP contribution >= 0.6 is 0 Å². The lowest BCUT2D eigenvalue weighted by atomic mass is 10.4. The molecule has 2 aromatic heterocycles. The summed E-state index contributed by atoms with van der Waals surface area (Å²) in [5.74, 6) is -0.866. The minimum absolute atomic E-state index is 0.130. The highest BCUT2D eigenvalue weighted by atomic mass is 16.4. The highest BCUT2D eigenvalue weighted by molar-refractivity contribution is 5.74. The molecule has 2 aromatic rings. The van der Waals surface area contributed by atoms with Gasteiger partial charge >= 0.3 is 5.97 Å². The lowest BCUT2D eigenvalue weighted by Gasteiger charge is -1.87. The van der Waals surface area contributed by atoms with E-state index in [4.69, 9.17) is 15.3 Å². The van der Waals surface area contributed by atoms with Crippen molar-refractivity contribution >= 4 is 22.9 Å². The number of oxazole rings is 1. The highest BCUT2D eigenvalue weighted by Gasteiger charge is 2.10. The van der Waals surface area contributed by atoms with Gasteiger partial charge in [-0.05, 0) is 6.07 Å². The molecule has 0 saturated heterocycles. The second-order valence-corrected chi connectivity index (χ2v) is 2.77. The Morgan fingerprint density at radius 1 is 1.64 bits per heavy atom. The monoisotopic (exact) mass is 193 g/mol. The predicted molar refractivity (Wildman–Crippen MR) is 47.6 cm³/mol. The molecule has 0 aliphatic rings. The molecule has 14 heavy (non-hydrogen) atoms. The van der Waals surface area contributed by atoms with Crippen LogP contribution in [0.4, 0.5) is 5.69 Å². The molecule has 72 valence electrons. The number of aliphatic carboxylic acids is 1. The van der Waals surface area contributed by atoms with E-state index >= 15 is 0 Å². The van der Waals surface area contributed by atoms with E-state index in [1.54, 1.807) is 6.07 Å². The summed E-state index contributed by atoms with van der Waals surface area (Å²) in [5, 5.41) is 8.50. The van der Waals surface area contributed by atoms with Gasteiger partial charge in [0.05, 0.1) is 11.9 Å². The quantitative estimate of drug-likeness (QED) is 0.717. The van der Waals surface area contributed by atoms with Crippen molar-refractivity contribution in [3.63, 3.8) is 0 Å². The van der Waals surface area contributed by atoms with Crippen LogP contribution < -0.4 is 5.73 Å². The number of hydrogen-bond acceptors (Lipinski definition) is 5. The Kier molecular flexibility index (Phi) is 1.81. The third kappa shape index (κ3) is 1.49. The average molecular weight is 193 g/mol. The summed E-state index contributed by atoms with van der Waals surface area (Å²) in [5.41, 5.74) is 6.71. The number of fused-ring (bicyclic) bond motifs is 1. The van der Waals surface area contributed by atoms with Crippen molar-refractivity contribution in [2.45, 2.75) is 6.42 Å². The first-order valence-corrected chi connectivity index (χ1v) is 3.88. The van der Waals surface area contributed by atoms with E-state index < -0.39 is 5.97 Å². The van der Waals surface area contributed by atoms with Gasteiger partial charge in [0, 0.05) is 0 Å². The Hall–Kier alpha value is -2.11. The van der Waals surface area contributed by atoms with Gasteiger partial charge in [-0.3, -0.25) is 4.79 Å². The van der Waals surface area contributed by atoms with E-state index in [0.29, 0.717) is 16.9 Å². The predicted octanol–water partition coefficient (Wildman–Crippen LogP) is 0.432. The minimum Gasteiger partial charge on any atom is -0.481 e. The van der Waals surface area contributed by atoms with Crippen LogP contribution in [0.15, 0.2) is 16.7 Å². The smallest absolute Gasteiger partial charge is 0.312 e. The van der Waals surface area contributed by atoms with Crippen LogP contribution in [-0.2, 0) is 11.2 Å². The van der Waals surface area contributed by atoms with Gasteiger partial charge in [-0.15, -0.1) is 0 Å². The zero-order valence-electron chi connectivity index (χ0n) is 7.10. The highest BCUT2D eigenvalue weighted by Crippen LogP contribution is 2.15. The number of nitrogen functional groups attached to an aromatic ring is 1. The van der Waals surface area contributed by atoms with Crippen LogP contribution in [0.2, 0.25) is 0 Å². The van der Waals surface area contributed by atoms with Crippen molar-refractivity contribution in [1.29, 1.82) is 0 Å². The zero-order valence-corrected chi connectivity index (χ0v) is 7.10. The molecule has 0 aliphatic heterocycles. The van der Waals surface area contributed by atoms with Crippen LogP contribution in [0.25, 0.3) is 11.2 Å². The summed E-state index contributed by atoms with van der Waals surface area (Å²) in [7, 11) is 0. The van der Waals surface area contributed by atoms with Crippen molar-refractivity contribution in [2.24, 2.45) is 0 Å². The van der Waals surface area contributed by atoms with E-state index in [0.717, 1.165) is 0 Å². The second-order valence-electron chi connectivity index (χ2n) is 2.77. The van der Waals surface area contributed by atoms with E-state index in [2.05, 4.69) is 9.97 Å². The number of nitrogens with two attached hydrogens (primary N) is 1. The van der Waals surface area contributed by atoms with Crippen LogP contribution in [0.3, 0.4) is 0 Å². The van der Waals surface area contributed by atoms with Crippen molar-refractivity contribution in [2.75, 3.05) is 5.73 Å². The van der Waals surface area contributed by atoms with E-state index in [1.807, 2.05) is 0 Å². The molecule has 3 N–H and O–H groups in total. The Bertz CT molecular complexity index is 492. The maximum Gasteiger partial charge on any atom is 0.312 e. The zero-order chi connectivity index (χ0) is 10.1. The summed E-state index contributed by atoms with van der Waals surface area (Å²) in [6.45, 7) is 0. The number of anilines is 1. The molecule has 0 aromatic carbocycles. The lowest BCUT2D eigenvalue weighted by molar-refractivity contribution is -0.136. The first-order chi connectivity index (χ1) is 6.65. The Morgan fingerprint density at radius 2 is 2.43 bits per heavy atom. The van der Waals surface area contributed by atoms with Crippen LogP contribution in [0, 0.1) is 0 Å². The number of carboxylic acid groups (broad SMARTS) is 1. The molecular weight excluding hydrogens is 186 g/mol. The fourth-order valence-electron chi connectivity index (χ4n) is 1.09. The first kappa shape index (κ1) is 8.49. The standard InChI is InChI=1S/C8H7N3O3/c9-4-1-5-8(10-3-4)14-6(11-5)2-7(12)13/h1,3H,2,9H2,(H,12,13). The van der Waals surface area contributed by atoms with Gasteiger partial charge in [0.25, 0.3) is 0 Å². The first-order valence-electron chi connectivity index (χ1n) is 3.88. The third-order valence-corrected chi connectivity index (χ3v) is 1.62. The van der Waals surface area contributed by atoms with Gasteiger partial charge in [-0.2, -0.15) is 0 Å². The molecular formula is C8H7N3O3. The average Bonchev–Trinajstić information content (AvgIpc) is 2.44. The lowest BCUT2D eigenvalue weighted by Crippen LogP contribution is -1.99. The number of carbonyl (C=O) groups is 1. The van der Waals surface area contributed by atoms with E-state index in [1.165, 1.54) is 6.20 Å². The number of hydrogen-bond donors (Lipinski definition) is 2. The summed E-state index contributed by atoms with van der Waals surface area (Å²) < 4.78 is 5.08. The molecule has 0 fully saturated rings. The van der Waals surface area contributed by atoms with Gasteiger partial charge in [0.2, 0.25) is 11.6 Å². The molecule has 0 unspecified atom stereocenters. The van der Waals surface area contributed by atoms with Gasteiger partial charge in [-0.25, -0.2) is 9.97 Å². The number of carboxylic acids is 1. The molecule has 2 heterocycles. The van der Waals surface area contributed by atoms with Gasteiger partial charge < -0.3 is 15.3 Å². The number of pyridine rings is 1. The SMILES string of the molecule is Nc1cnc2oc(CC(=O)O)nc2c1. The number of aromatic nitrogens is 2. The van der Waals surface area contributed by atoms with Gasteiger partial charge in [0.15, 0.2) is 0 Å². The summed E-state index contributed by atoms with van der Waals surface area (Å²) in [6, 6.07) is 1.58.